The molecule has 1 fully saturated rings. The average molecular weight is 296 g/mol. The van der Waals surface area contributed by atoms with E-state index in [-0.39, 0.29) is 27.3 Å². The van der Waals surface area contributed by atoms with E-state index in [1.807, 2.05) is 0 Å². The first-order valence-electron chi connectivity index (χ1n) is 2.28. The molecule has 2 radical (unpaired) electrons. The molecule has 1 aliphatic heterocycles. The molecule has 1 rings (SSSR count). The third-order valence-electron chi connectivity index (χ3n) is 0.846. The summed E-state index contributed by atoms with van der Waals surface area (Å²) in [7, 11) is 0. The summed E-state index contributed by atoms with van der Waals surface area (Å²) in [6.45, 7) is 3.83. The van der Waals surface area contributed by atoms with E-state index in [1.165, 1.54) is 0 Å². The summed E-state index contributed by atoms with van der Waals surface area (Å²) in [5, 5.41) is 3.16. The number of ether oxygens (including phenoxy) is 1. The molecule has 3 heteroatoms. The van der Waals surface area contributed by atoms with E-state index in [1.54, 1.807) is 0 Å². The first-order valence-corrected chi connectivity index (χ1v) is 2.28. The van der Waals surface area contributed by atoms with Gasteiger partial charge in [-0.25, -0.2) is 0 Å². The van der Waals surface area contributed by atoms with Gasteiger partial charge in [0.2, 0.25) is 0 Å². The summed E-state index contributed by atoms with van der Waals surface area (Å²) in [4.78, 5) is 0. The Morgan fingerprint density at radius 1 is 1.14 bits per heavy atom. The zero-order valence-corrected chi connectivity index (χ0v) is 9.94. The van der Waals surface area contributed by atoms with Crippen LogP contribution in [0.25, 0.3) is 0 Å². The molecule has 0 bridgehead atoms. The Hall–Kier alpha value is 0.842. The SMILES string of the molecule is C1COCCN1.[PbH2]. The molecule has 0 amide bonds. The van der Waals surface area contributed by atoms with Crippen LogP contribution in [0.15, 0.2) is 0 Å². The molecule has 1 heterocycles. The maximum atomic E-state index is 5.01. The number of hydrogen-bond acceptors (Lipinski definition) is 2. The minimum atomic E-state index is 0. The van der Waals surface area contributed by atoms with Crippen molar-refractivity contribution in [2.24, 2.45) is 0 Å². The first kappa shape index (κ1) is 7.84. The number of nitrogens with one attached hydrogen (secondary N) is 1. The van der Waals surface area contributed by atoms with Gasteiger partial charge in [-0.2, -0.15) is 0 Å². The van der Waals surface area contributed by atoms with Crippen molar-refractivity contribution in [3.63, 3.8) is 0 Å². The fourth-order valence-corrected chi connectivity index (χ4v) is 0.516. The van der Waals surface area contributed by atoms with Crippen LogP contribution in [0.1, 0.15) is 0 Å². The van der Waals surface area contributed by atoms with E-state index >= 15 is 0 Å². The molecule has 1 N–H and O–H groups in total. The Kier molecular flexibility index (Phi) is 5.59. The number of morpholine rings is 1. The van der Waals surface area contributed by atoms with E-state index < -0.39 is 0 Å². The molecule has 0 aromatic carbocycles. The second-order valence-electron chi connectivity index (χ2n) is 1.36. The van der Waals surface area contributed by atoms with Crippen molar-refractivity contribution < 1.29 is 4.74 Å². The van der Waals surface area contributed by atoms with Crippen LogP contribution in [0, 0.1) is 0 Å². The standard InChI is InChI=1S/C4H9NO.Pb.2H/c1-3-6-4-2-5-1;;;/h5H,1-4H2;;;. The Morgan fingerprint density at radius 3 is 1.86 bits per heavy atom. The van der Waals surface area contributed by atoms with Crippen LogP contribution in [0.5, 0.6) is 0 Å². The molecule has 0 unspecified atom stereocenters. The molecule has 0 spiro atoms. The quantitative estimate of drug-likeness (QED) is 0.561. The second-order valence-corrected chi connectivity index (χ2v) is 1.36. The van der Waals surface area contributed by atoms with E-state index in [2.05, 4.69) is 5.32 Å². The van der Waals surface area contributed by atoms with Crippen LogP contribution in [0.3, 0.4) is 0 Å². The molecule has 7 heavy (non-hydrogen) atoms. The molecule has 1 aliphatic rings. The van der Waals surface area contributed by atoms with Crippen LogP contribution in [0.4, 0.5) is 0 Å². The predicted molar refractivity (Wildman–Crippen MR) is 32.2 cm³/mol. The van der Waals surface area contributed by atoms with Gasteiger partial charge in [-0.05, 0) is 0 Å². The van der Waals surface area contributed by atoms with Gasteiger partial charge < -0.3 is 10.1 Å². The van der Waals surface area contributed by atoms with E-state index in [0.717, 1.165) is 26.3 Å². The zero-order valence-electron chi connectivity index (χ0n) is 4.44. The van der Waals surface area contributed by atoms with E-state index in [9.17, 15) is 0 Å². The van der Waals surface area contributed by atoms with Gasteiger partial charge in [0.05, 0.1) is 13.2 Å². The third kappa shape index (κ3) is 3.43. The molecule has 42 valence electrons. The van der Waals surface area contributed by atoms with Gasteiger partial charge in [0.25, 0.3) is 0 Å². The topological polar surface area (TPSA) is 21.3 Å². The van der Waals surface area contributed by atoms with Crippen LogP contribution in [0.2, 0.25) is 0 Å². The van der Waals surface area contributed by atoms with Crippen LogP contribution in [-0.4, -0.2) is 53.6 Å². The Morgan fingerprint density at radius 2 is 1.71 bits per heavy atom. The second kappa shape index (κ2) is 4.99. The van der Waals surface area contributed by atoms with Crippen molar-refractivity contribution in [3.8, 4) is 0 Å². The summed E-state index contributed by atoms with van der Waals surface area (Å²) in [5.74, 6) is 0. The molecule has 1 saturated heterocycles. The molecule has 0 aliphatic carbocycles. The monoisotopic (exact) mass is 297 g/mol. The van der Waals surface area contributed by atoms with E-state index in [4.69, 9.17) is 4.74 Å². The third-order valence-corrected chi connectivity index (χ3v) is 0.846. The van der Waals surface area contributed by atoms with Crippen molar-refractivity contribution in [1.29, 1.82) is 0 Å². The number of rotatable bonds is 0. The van der Waals surface area contributed by atoms with Crippen molar-refractivity contribution in [1.82, 2.24) is 5.32 Å². The Balaban J connectivity index is 0.000000360. The molecule has 0 aromatic rings. The molecule has 0 aromatic heterocycles. The summed E-state index contributed by atoms with van der Waals surface area (Å²) in [6.07, 6.45) is 0. The van der Waals surface area contributed by atoms with Crippen molar-refractivity contribution >= 4 is 27.3 Å². The molecule has 0 atom stereocenters. The van der Waals surface area contributed by atoms with Gasteiger partial charge in [-0.3, -0.25) is 0 Å². The van der Waals surface area contributed by atoms with Crippen molar-refractivity contribution in [2.45, 2.75) is 0 Å². The van der Waals surface area contributed by atoms with Gasteiger partial charge in [0.1, 0.15) is 0 Å². The minimum absolute atomic E-state index is 0. The summed E-state index contributed by atoms with van der Waals surface area (Å²) in [6, 6.07) is 0. The van der Waals surface area contributed by atoms with Crippen molar-refractivity contribution in [3.05, 3.63) is 0 Å². The molecule has 2 nitrogen and oxygen atoms in total. The average Bonchev–Trinajstić information content (AvgIpc) is 1.72. The predicted octanol–water partition coefficient (Wildman–Crippen LogP) is -1.31. The van der Waals surface area contributed by atoms with Crippen LogP contribution < -0.4 is 5.32 Å². The molecular formula is C4H11NOPb. The van der Waals surface area contributed by atoms with Gasteiger partial charge in [-0.1, -0.05) is 0 Å². The summed E-state index contributed by atoms with van der Waals surface area (Å²) >= 11 is 0. The summed E-state index contributed by atoms with van der Waals surface area (Å²) < 4.78 is 5.01. The van der Waals surface area contributed by atoms with Crippen LogP contribution >= 0.6 is 0 Å². The van der Waals surface area contributed by atoms with E-state index in [0.29, 0.717) is 0 Å². The van der Waals surface area contributed by atoms with Crippen molar-refractivity contribution in [2.75, 3.05) is 26.3 Å². The van der Waals surface area contributed by atoms with Gasteiger partial charge >= 0.3 is 27.3 Å². The van der Waals surface area contributed by atoms with Gasteiger partial charge in [0.15, 0.2) is 0 Å². The maximum absolute atomic E-state index is 5.01. The summed E-state index contributed by atoms with van der Waals surface area (Å²) in [5.41, 5.74) is 0. The molecule has 0 saturated carbocycles. The zero-order chi connectivity index (χ0) is 4.24. The van der Waals surface area contributed by atoms with Gasteiger partial charge in [-0.15, -0.1) is 0 Å². The first-order chi connectivity index (χ1) is 3.00. The van der Waals surface area contributed by atoms with Gasteiger partial charge in [0, 0.05) is 13.1 Å². The Bertz CT molecular complexity index is 27.2. The normalized spacial score (nSPS) is 20.6. The fourth-order valence-electron chi connectivity index (χ4n) is 0.516. The van der Waals surface area contributed by atoms with Crippen LogP contribution in [-0.2, 0) is 4.74 Å². The molecular weight excluding hydrogens is 285 g/mol. The number of hydrogen-bond donors (Lipinski definition) is 1. The Labute approximate surface area is 63.8 Å². The fraction of sp³-hybridized carbons (Fsp3) is 1.00.